The third-order valence-corrected chi connectivity index (χ3v) is 4.14. The number of hydrogen-bond acceptors (Lipinski definition) is 2. The van der Waals surface area contributed by atoms with Crippen LogP contribution < -0.4 is 5.32 Å². The lowest BCUT2D eigenvalue weighted by Crippen LogP contribution is -2.05. The molecule has 1 aromatic heterocycles. The zero-order chi connectivity index (χ0) is 12.4. The van der Waals surface area contributed by atoms with Crippen molar-refractivity contribution in [2.45, 2.75) is 13.0 Å². The van der Waals surface area contributed by atoms with Crippen LogP contribution in [0.15, 0.2) is 34.1 Å². The van der Waals surface area contributed by atoms with Gasteiger partial charge in [0.15, 0.2) is 0 Å². The van der Waals surface area contributed by atoms with E-state index in [9.17, 15) is 8.78 Å². The first-order valence-electron chi connectivity index (χ1n) is 5.01. The summed E-state index contributed by atoms with van der Waals surface area (Å²) < 4.78 is 27.0. The Labute approximate surface area is 111 Å². The van der Waals surface area contributed by atoms with Crippen molar-refractivity contribution in [1.82, 2.24) is 0 Å². The lowest BCUT2D eigenvalue weighted by molar-refractivity contribution is 0.583. The molecule has 0 amide bonds. The molecule has 0 aliphatic heterocycles. The van der Waals surface area contributed by atoms with Crippen LogP contribution in [-0.4, -0.2) is 0 Å². The Hall–Kier alpha value is -0.940. The van der Waals surface area contributed by atoms with Crippen molar-refractivity contribution in [2.75, 3.05) is 5.32 Å². The fraction of sp³-hybridized carbons (Fsp3) is 0.167. The fourth-order valence-corrected chi connectivity index (χ4v) is 2.97. The maximum atomic E-state index is 13.0. The van der Waals surface area contributed by atoms with Gasteiger partial charge in [-0.25, -0.2) is 8.78 Å². The molecule has 1 aromatic carbocycles. The molecule has 0 saturated heterocycles. The Bertz CT molecular complexity index is 507. The molecule has 1 unspecified atom stereocenters. The van der Waals surface area contributed by atoms with Gasteiger partial charge in [0.25, 0.3) is 0 Å². The Morgan fingerprint density at radius 2 is 1.82 bits per heavy atom. The molecule has 1 atom stereocenters. The molecule has 5 heteroatoms. The number of hydrogen-bond donors (Lipinski definition) is 1. The van der Waals surface area contributed by atoms with Crippen molar-refractivity contribution in [3.63, 3.8) is 0 Å². The van der Waals surface area contributed by atoms with E-state index in [1.807, 2.05) is 18.4 Å². The van der Waals surface area contributed by atoms with Gasteiger partial charge < -0.3 is 5.32 Å². The van der Waals surface area contributed by atoms with Crippen LogP contribution in [0.1, 0.15) is 17.8 Å². The first-order valence-corrected chi connectivity index (χ1v) is 6.68. The summed E-state index contributed by atoms with van der Waals surface area (Å²) in [6.07, 6.45) is 0. The highest BCUT2D eigenvalue weighted by molar-refractivity contribution is 9.10. The highest BCUT2D eigenvalue weighted by atomic mass is 79.9. The van der Waals surface area contributed by atoms with Gasteiger partial charge in [-0.15, -0.1) is 11.3 Å². The van der Waals surface area contributed by atoms with Crippen molar-refractivity contribution in [3.8, 4) is 0 Å². The number of halogens is 3. The third-order valence-electron chi connectivity index (χ3n) is 2.26. The van der Waals surface area contributed by atoms with Crippen LogP contribution in [0.3, 0.4) is 0 Å². The van der Waals surface area contributed by atoms with Gasteiger partial charge in [-0.1, -0.05) is 0 Å². The molecular weight excluding hydrogens is 308 g/mol. The minimum atomic E-state index is -0.577. The average molecular weight is 318 g/mol. The van der Waals surface area contributed by atoms with Crippen molar-refractivity contribution in [2.24, 2.45) is 0 Å². The van der Waals surface area contributed by atoms with Gasteiger partial charge in [0, 0.05) is 26.5 Å². The predicted molar refractivity (Wildman–Crippen MR) is 70.4 cm³/mol. The molecule has 0 radical (unpaired) electrons. The second-order valence-electron chi connectivity index (χ2n) is 3.69. The minimum Gasteiger partial charge on any atom is -0.378 e. The Balaban J connectivity index is 2.15. The van der Waals surface area contributed by atoms with Crippen molar-refractivity contribution in [1.29, 1.82) is 0 Å². The molecule has 1 nitrogen and oxygen atoms in total. The van der Waals surface area contributed by atoms with Crippen LogP contribution in [0.2, 0.25) is 0 Å². The van der Waals surface area contributed by atoms with E-state index in [0.717, 1.165) is 15.4 Å². The lowest BCUT2D eigenvalue weighted by Gasteiger charge is -2.13. The van der Waals surface area contributed by atoms with Crippen molar-refractivity contribution < 1.29 is 8.78 Å². The van der Waals surface area contributed by atoms with E-state index in [0.29, 0.717) is 5.69 Å². The quantitative estimate of drug-likeness (QED) is 0.843. The topological polar surface area (TPSA) is 12.0 Å². The summed E-state index contributed by atoms with van der Waals surface area (Å²) in [6, 6.07) is 5.41. The first kappa shape index (κ1) is 12.5. The van der Waals surface area contributed by atoms with E-state index < -0.39 is 11.6 Å². The summed E-state index contributed by atoms with van der Waals surface area (Å²) >= 11 is 4.96. The molecule has 0 saturated carbocycles. The van der Waals surface area contributed by atoms with Gasteiger partial charge in [0.1, 0.15) is 11.6 Å². The number of thiophene rings is 1. The van der Waals surface area contributed by atoms with Gasteiger partial charge in [-0.2, -0.15) is 0 Å². The number of rotatable bonds is 3. The van der Waals surface area contributed by atoms with E-state index in [1.165, 1.54) is 12.1 Å². The molecule has 0 bridgehead atoms. The van der Waals surface area contributed by atoms with Crippen molar-refractivity contribution in [3.05, 3.63) is 50.6 Å². The van der Waals surface area contributed by atoms with Crippen LogP contribution in [0.5, 0.6) is 0 Å². The molecule has 1 N–H and O–H groups in total. The van der Waals surface area contributed by atoms with Crippen LogP contribution in [0.4, 0.5) is 14.5 Å². The monoisotopic (exact) mass is 317 g/mol. The van der Waals surface area contributed by atoms with Crippen LogP contribution in [0, 0.1) is 11.6 Å². The third kappa shape index (κ3) is 3.26. The van der Waals surface area contributed by atoms with Crippen LogP contribution in [0.25, 0.3) is 0 Å². The Morgan fingerprint density at radius 3 is 2.35 bits per heavy atom. The summed E-state index contributed by atoms with van der Waals surface area (Å²) in [5.74, 6) is -1.15. The second kappa shape index (κ2) is 5.14. The van der Waals surface area contributed by atoms with Crippen LogP contribution in [-0.2, 0) is 0 Å². The largest absolute Gasteiger partial charge is 0.378 e. The second-order valence-corrected chi connectivity index (χ2v) is 5.55. The highest BCUT2D eigenvalue weighted by Crippen LogP contribution is 2.28. The summed E-state index contributed by atoms with van der Waals surface area (Å²) in [7, 11) is 0. The summed E-state index contributed by atoms with van der Waals surface area (Å²) in [5, 5.41) is 5.03. The SMILES string of the molecule is CC(Nc1cc(F)cc(F)c1)c1cc(Br)cs1. The smallest absolute Gasteiger partial charge is 0.128 e. The first-order chi connectivity index (χ1) is 8.04. The number of anilines is 1. The summed E-state index contributed by atoms with van der Waals surface area (Å²) in [5.41, 5.74) is 0.444. The summed E-state index contributed by atoms with van der Waals surface area (Å²) in [6.45, 7) is 1.95. The van der Waals surface area contributed by atoms with Crippen molar-refractivity contribution >= 4 is 33.0 Å². The van der Waals surface area contributed by atoms with Gasteiger partial charge in [0.05, 0.1) is 6.04 Å². The molecule has 2 rings (SSSR count). The Morgan fingerprint density at radius 1 is 1.18 bits per heavy atom. The van der Waals surface area contributed by atoms with E-state index in [1.54, 1.807) is 11.3 Å². The molecule has 0 aliphatic rings. The molecule has 0 spiro atoms. The standard InChI is InChI=1S/C12H10BrF2NS/c1-7(12-2-8(13)6-17-12)16-11-4-9(14)3-10(15)5-11/h2-7,16H,1H3. The maximum absolute atomic E-state index is 13.0. The molecule has 17 heavy (non-hydrogen) atoms. The average Bonchev–Trinajstić information content (AvgIpc) is 2.63. The lowest BCUT2D eigenvalue weighted by atomic mass is 10.2. The van der Waals surface area contributed by atoms with Gasteiger partial charge in [-0.3, -0.25) is 0 Å². The minimum absolute atomic E-state index is 0.00694. The molecule has 1 heterocycles. The molecule has 0 fully saturated rings. The number of benzene rings is 1. The molecular formula is C12H10BrF2NS. The highest BCUT2D eigenvalue weighted by Gasteiger charge is 2.09. The van der Waals surface area contributed by atoms with E-state index in [2.05, 4.69) is 21.2 Å². The van der Waals surface area contributed by atoms with E-state index >= 15 is 0 Å². The number of nitrogens with one attached hydrogen (secondary N) is 1. The Kier molecular flexibility index (Phi) is 3.79. The molecule has 0 aliphatic carbocycles. The normalized spacial score (nSPS) is 12.5. The van der Waals surface area contributed by atoms with Gasteiger partial charge >= 0.3 is 0 Å². The van der Waals surface area contributed by atoms with E-state index in [-0.39, 0.29) is 6.04 Å². The molecule has 2 aromatic rings. The van der Waals surface area contributed by atoms with Crippen LogP contribution >= 0.6 is 27.3 Å². The fourth-order valence-electron chi connectivity index (χ4n) is 1.51. The van der Waals surface area contributed by atoms with Gasteiger partial charge in [0.2, 0.25) is 0 Å². The summed E-state index contributed by atoms with van der Waals surface area (Å²) in [4.78, 5) is 1.10. The van der Waals surface area contributed by atoms with Gasteiger partial charge in [-0.05, 0) is 41.1 Å². The maximum Gasteiger partial charge on any atom is 0.128 e. The molecule has 90 valence electrons. The van der Waals surface area contributed by atoms with E-state index in [4.69, 9.17) is 0 Å². The predicted octanol–water partition coefficient (Wildman–Crippen LogP) is 4.96. The zero-order valence-corrected chi connectivity index (χ0v) is 11.4. The zero-order valence-electron chi connectivity index (χ0n) is 9.01.